The minimum Gasteiger partial charge on any atom is -0.345 e. The molecule has 0 aliphatic carbocycles. The molecule has 4 heterocycles. The van der Waals surface area contributed by atoms with E-state index in [4.69, 9.17) is 0 Å². The molecule has 0 fully saturated rings. The highest BCUT2D eigenvalue weighted by Gasteiger charge is 2.24. The van der Waals surface area contributed by atoms with Crippen molar-refractivity contribution in [2.75, 3.05) is 5.32 Å². The van der Waals surface area contributed by atoms with Gasteiger partial charge in [-0.05, 0) is 30.7 Å². The van der Waals surface area contributed by atoms with Crippen molar-refractivity contribution in [2.24, 2.45) is 0 Å². The van der Waals surface area contributed by atoms with E-state index < -0.39 is 18.0 Å². The Kier molecular flexibility index (Phi) is 8.91. The lowest BCUT2D eigenvalue weighted by molar-refractivity contribution is -0.115. The lowest BCUT2D eigenvalue weighted by Crippen LogP contribution is -2.24. The summed E-state index contributed by atoms with van der Waals surface area (Å²) < 4.78 is 42.7. The minimum atomic E-state index is -3.03. The summed E-state index contributed by atoms with van der Waals surface area (Å²) in [6, 6.07) is 7.71. The maximum atomic E-state index is 14.6. The lowest BCUT2D eigenvalue weighted by Gasteiger charge is -2.11. The van der Waals surface area contributed by atoms with Gasteiger partial charge in [-0.3, -0.25) is 19.6 Å². The van der Waals surface area contributed by atoms with Crippen LogP contribution >= 0.6 is 11.3 Å². The van der Waals surface area contributed by atoms with Crippen LogP contribution in [0.3, 0.4) is 0 Å². The molecular weight excluding hydrogens is 535 g/mol. The SMILES string of the molecule is CC(F)(F)c1ccnc(CNC(=O)c2cn(C[C@@H](F)CCc3nnc(NC(=O)Cc4ccccn4)s3)nn2)c1. The number of rotatable bonds is 12. The van der Waals surface area contributed by atoms with Gasteiger partial charge in [-0.2, -0.15) is 0 Å². The number of nitrogens with zero attached hydrogens (tertiary/aromatic N) is 7. The summed E-state index contributed by atoms with van der Waals surface area (Å²) in [4.78, 5) is 32.5. The average molecular weight is 560 g/mol. The van der Waals surface area contributed by atoms with Crippen LogP contribution in [0.1, 0.15) is 45.8 Å². The number of hydrogen-bond acceptors (Lipinski definition) is 9. The number of anilines is 1. The van der Waals surface area contributed by atoms with E-state index in [0.717, 1.165) is 18.3 Å². The minimum absolute atomic E-state index is 0.0469. The molecule has 0 bridgehead atoms. The van der Waals surface area contributed by atoms with Crippen molar-refractivity contribution in [2.45, 2.75) is 51.4 Å². The van der Waals surface area contributed by atoms with Crippen molar-refractivity contribution in [3.63, 3.8) is 0 Å². The summed E-state index contributed by atoms with van der Waals surface area (Å²) in [5, 5.41) is 21.5. The second-order valence-electron chi connectivity index (χ2n) is 8.62. The molecule has 0 aliphatic heterocycles. The zero-order valence-electron chi connectivity index (χ0n) is 20.7. The van der Waals surface area contributed by atoms with Crippen LogP contribution in [0.5, 0.6) is 0 Å². The van der Waals surface area contributed by atoms with Crippen molar-refractivity contribution < 1.29 is 22.8 Å². The second-order valence-corrected chi connectivity index (χ2v) is 9.68. The first-order chi connectivity index (χ1) is 18.7. The summed E-state index contributed by atoms with van der Waals surface area (Å²) in [7, 11) is 0. The van der Waals surface area contributed by atoms with Crippen LogP contribution in [-0.2, 0) is 36.6 Å². The maximum Gasteiger partial charge on any atom is 0.273 e. The Balaban J connectivity index is 1.20. The van der Waals surface area contributed by atoms with Gasteiger partial charge in [0.15, 0.2) is 5.69 Å². The quantitative estimate of drug-likeness (QED) is 0.270. The first kappa shape index (κ1) is 27.8. The molecule has 4 rings (SSSR count). The predicted molar refractivity (Wildman–Crippen MR) is 135 cm³/mol. The van der Waals surface area contributed by atoms with Gasteiger partial charge in [0.25, 0.3) is 11.8 Å². The number of halogens is 3. The molecule has 15 heteroatoms. The van der Waals surface area contributed by atoms with E-state index in [9.17, 15) is 22.8 Å². The standard InChI is InChI=1S/C24H24F3N9O2S/c1-24(26,27)15-7-9-29-18(10-15)12-30-22(38)19-14-36(35-32-19)13-16(25)5-6-21-33-34-23(39-21)31-20(37)11-17-4-2-3-8-28-17/h2-4,7-10,14,16H,5-6,11-13H2,1H3,(H,30,38)(H,31,34,37)/t16-/m0/s1. The third-order valence-corrected chi connectivity index (χ3v) is 6.26. The lowest BCUT2D eigenvalue weighted by atomic mass is 10.1. The summed E-state index contributed by atoms with van der Waals surface area (Å²) in [6.45, 7) is 0.550. The fraction of sp³-hybridized carbons (Fsp3) is 0.333. The number of carbonyl (C=O) groups excluding carboxylic acids is 2. The fourth-order valence-corrected chi connectivity index (χ4v) is 4.18. The number of aromatic nitrogens is 7. The summed E-state index contributed by atoms with van der Waals surface area (Å²) >= 11 is 1.16. The summed E-state index contributed by atoms with van der Waals surface area (Å²) in [6.07, 6.45) is 3.34. The summed E-state index contributed by atoms with van der Waals surface area (Å²) in [5.41, 5.74) is 0.622. The Bertz CT molecular complexity index is 1410. The number of nitrogens with one attached hydrogen (secondary N) is 2. The highest BCUT2D eigenvalue weighted by molar-refractivity contribution is 7.15. The molecule has 0 spiro atoms. The number of amides is 2. The zero-order chi connectivity index (χ0) is 27.8. The van der Waals surface area contributed by atoms with E-state index in [1.807, 2.05) is 0 Å². The number of carbonyl (C=O) groups is 2. The Labute approximate surface area is 224 Å². The van der Waals surface area contributed by atoms with E-state index in [0.29, 0.717) is 22.3 Å². The Morgan fingerprint density at radius 2 is 1.92 bits per heavy atom. The molecule has 0 saturated carbocycles. The van der Waals surface area contributed by atoms with Crippen LogP contribution in [0.4, 0.5) is 18.3 Å². The smallest absolute Gasteiger partial charge is 0.273 e. The van der Waals surface area contributed by atoms with Crippen molar-refractivity contribution >= 4 is 28.3 Å². The van der Waals surface area contributed by atoms with E-state index in [1.54, 1.807) is 24.4 Å². The van der Waals surface area contributed by atoms with Crippen molar-refractivity contribution in [1.82, 2.24) is 40.5 Å². The molecule has 204 valence electrons. The predicted octanol–water partition coefficient (Wildman–Crippen LogP) is 3.11. The highest BCUT2D eigenvalue weighted by Crippen LogP contribution is 2.26. The molecule has 0 unspecified atom stereocenters. The molecule has 0 aromatic carbocycles. The maximum absolute atomic E-state index is 14.6. The number of aryl methyl sites for hydroxylation is 1. The van der Waals surface area contributed by atoms with Crippen LogP contribution < -0.4 is 10.6 Å². The van der Waals surface area contributed by atoms with Crippen molar-refractivity contribution in [3.05, 3.63) is 76.6 Å². The van der Waals surface area contributed by atoms with Gasteiger partial charge in [-0.15, -0.1) is 15.3 Å². The largest absolute Gasteiger partial charge is 0.345 e. The van der Waals surface area contributed by atoms with Crippen molar-refractivity contribution in [1.29, 1.82) is 0 Å². The van der Waals surface area contributed by atoms with Gasteiger partial charge in [0.1, 0.15) is 11.2 Å². The van der Waals surface area contributed by atoms with Gasteiger partial charge in [-0.1, -0.05) is 22.6 Å². The van der Waals surface area contributed by atoms with E-state index in [1.165, 1.54) is 29.2 Å². The molecule has 4 aromatic rings. The fourth-order valence-electron chi connectivity index (χ4n) is 3.41. The van der Waals surface area contributed by atoms with E-state index >= 15 is 0 Å². The first-order valence-electron chi connectivity index (χ1n) is 11.8. The van der Waals surface area contributed by atoms with Gasteiger partial charge in [0.2, 0.25) is 11.0 Å². The second kappa shape index (κ2) is 12.5. The van der Waals surface area contributed by atoms with Crippen LogP contribution in [0.2, 0.25) is 0 Å². The molecule has 11 nitrogen and oxygen atoms in total. The molecule has 0 radical (unpaired) electrons. The van der Waals surface area contributed by atoms with Crippen LogP contribution in [0.15, 0.2) is 48.9 Å². The van der Waals surface area contributed by atoms with E-state index in [-0.39, 0.29) is 48.8 Å². The molecule has 39 heavy (non-hydrogen) atoms. The zero-order valence-corrected chi connectivity index (χ0v) is 21.5. The summed E-state index contributed by atoms with van der Waals surface area (Å²) in [5.74, 6) is -3.90. The molecule has 0 saturated heterocycles. The Morgan fingerprint density at radius 3 is 2.69 bits per heavy atom. The third kappa shape index (κ3) is 8.36. The van der Waals surface area contributed by atoms with Gasteiger partial charge in [-0.25, -0.2) is 17.9 Å². The average Bonchev–Trinajstić information content (AvgIpc) is 3.56. The number of alkyl halides is 3. The van der Waals surface area contributed by atoms with Gasteiger partial charge in [0.05, 0.1) is 31.4 Å². The normalized spacial score (nSPS) is 12.2. The van der Waals surface area contributed by atoms with Gasteiger partial charge >= 0.3 is 0 Å². The topological polar surface area (TPSA) is 140 Å². The van der Waals surface area contributed by atoms with E-state index in [2.05, 4.69) is 41.1 Å². The van der Waals surface area contributed by atoms with Crippen LogP contribution in [0.25, 0.3) is 0 Å². The molecule has 2 N–H and O–H groups in total. The monoisotopic (exact) mass is 559 g/mol. The van der Waals surface area contributed by atoms with Crippen molar-refractivity contribution in [3.8, 4) is 0 Å². The molecule has 1 atom stereocenters. The van der Waals surface area contributed by atoms with Gasteiger partial charge < -0.3 is 10.6 Å². The molecule has 2 amide bonds. The third-order valence-electron chi connectivity index (χ3n) is 5.36. The Hall–Kier alpha value is -4.27. The van der Waals surface area contributed by atoms with Crippen LogP contribution in [0, 0.1) is 0 Å². The molecule has 0 aliphatic rings. The Morgan fingerprint density at radius 1 is 1.10 bits per heavy atom. The highest BCUT2D eigenvalue weighted by atomic mass is 32.1. The number of hydrogen-bond donors (Lipinski definition) is 2. The first-order valence-corrected chi connectivity index (χ1v) is 12.6. The number of pyridine rings is 2. The van der Waals surface area contributed by atoms with Gasteiger partial charge in [0, 0.05) is 37.0 Å². The molecular formula is C24H24F3N9O2S. The molecule has 4 aromatic heterocycles. The van der Waals surface area contributed by atoms with Crippen LogP contribution in [-0.4, -0.2) is 53.1 Å².